The van der Waals surface area contributed by atoms with Crippen LogP contribution in [0.15, 0.2) is 48.5 Å². The number of aryl methyl sites for hydroxylation is 1. The average molecular weight is 397 g/mol. The van der Waals surface area contributed by atoms with Gasteiger partial charge in [0, 0.05) is 18.7 Å². The second kappa shape index (κ2) is 8.76. The van der Waals surface area contributed by atoms with Crippen LogP contribution in [0.2, 0.25) is 0 Å². The third-order valence-electron chi connectivity index (χ3n) is 5.72. The van der Waals surface area contributed by atoms with E-state index in [9.17, 15) is 14.0 Å². The Kier molecular flexibility index (Phi) is 6.36. The number of carbonyl (C=O) groups excluding carboxylic acids is 2. The number of benzene rings is 2. The minimum absolute atomic E-state index is 0.138. The third kappa shape index (κ3) is 4.66. The smallest absolute Gasteiger partial charge is 0.255 e. The maximum atomic E-state index is 13.5. The van der Waals surface area contributed by atoms with Crippen molar-refractivity contribution >= 4 is 11.8 Å². The first-order valence-electron chi connectivity index (χ1n) is 10.2. The number of halogens is 1. The zero-order valence-electron chi connectivity index (χ0n) is 17.4. The number of nitrogens with zero attached hydrogens (tertiary/aromatic N) is 1. The fourth-order valence-electron chi connectivity index (χ4n) is 3.75. The Hall–Kier alpha value is -2.69. The van der Waals surface area contributed by atoms with E-state index in [-0.39, 0.29) is 24.2 Å². The first-order valence-corrected chi connectivity index (χ1v) is 10.2. The van der Waals surface area contributed by atoms with Gasteiger partial charge in [-0.1, -0.05) is 44.2 Å². The van der Waals surface area contributed by atoms with Crippen molar-refractivity contribution < 1.29 is 14.0 Å². The lowest BCUT2D eigenvalue weighted by molar-refractivity contribution is -0.132. The summed E-state index contributed by atoms with van der Waals surface area (Å²) in [6, 6.07) is 13.6. The van der Waals surface area contributed by atoms with E-state index >= 15 is 0 Å². The molecule has 2 aromatic carbocycles. The zero-order valence-corrected chi connectivity index (χ0v) is 17.4. The van der Waals surface area contributed by atoms with E-state index in [1.165, 1.54) is 12.1 Å². The van der Waals surface area contributed by atoms with E-state index < -0.39 is 5.54 Å². The summed E-state index contributed by atoms with van der Waals surface area (Å²) >= 11 is 0. The Morgan fingerprint density at radius 3 is 2.55 bits per heavy atom. The minimum Gasteiger partial charge on any atom is -0.354 e. The molecule has 1 heterocycles. The highest BCUT2D eigenvalue weighted by Gasteiger charge is 2.44. The predicted molar refractivity (Wildman–Crippen MR) is 112 cm³/mol. The van der Waals surface area contributed by atoms with Crippen molar-refractivity contribution in [1.29, 1.82) is 0 Å². The predicted octanol–water partition coefficient (Wildman–Crippen LogP) is 4.34. The minimum atomic E-state index is -0.985. The summed E-state index contributed by atoms with van der Waals surface area (Å²) in [6.45, 7) is 6.89. The molecule has 5 heteroatoms. The number of hydrogen-bond donors (Lipinski definition) is 1. The maximum absolute atomic E-state index is 13.5. The Balaban J connectivity index is 1.94. The van der Waals surface area contributed by atoms with Gasteiger partial charge in [-0.25, -0.2) is 4.39 Å². The lowest BCUT2D eigenvalue weighted by Gasteiger charge is -2.39. The molecule has 1 unspecified atom stereocenters. The molecule has 3 rings (SSSR count). The number of nitrogens with one attached hydrogen (secondary N) is 1. The third-order valence-corrected chi connectivity index (χ3v) is 5.72. The van der Waals surface area contributed by atoms with Crippen molar-refractivity contribution in [3.63, 3.8) is 0 Å². The van der Waals surface area contributed by atoms with E-state index in [1.54, 1.807) is 17.0 Å². The summed E-state index contributed by atoms with van der Waals surface area (Å²) in [5.74, 6) is -0.140. The van der Waals surface area contributed by atoms with Crippen LogP contribution in [-0.2, 0) is 17.8 Å². The van der Waals surface area contributed by atoms with Crippen LogP contribution in [-0.4, -0.2) is 28.8 Å². The molecule has 4 nitrogen and oxygen atoms in total. The van der Waals surface area contributed by atoms with Crippen LogP contribution in [0.25, 0.3) is 0 Å². The summed E-state index contributed by atoms with van der Waals surface area (Å²) in [4.78, 5) is 28.4. The number of rotatable bonds is 6. The van der Waals surface area contributed by atoms with Crippen molar-refractivity contribution in [3.05, 3.63) is 71.0 Å². The van der Waals surface area contributed by atoms with Gasteiger partial charge in [0.15, 0.2) is 0 Å². The van der Waals surface area contributed by atoms with Crippen LogP contribution in [0.5, 0.6) is 0 Å². The highest BCUT2D eigenvalue weighted by atomic mass is 19.1. The molecular weight excluding hydrogens is 367 g/mol. The zero-order chi connectivity index (χ0) is 21.0. The summed E-state index contributed by atoms with van der Waals surface area (Å²) in [5, 5.41) is 3.03. The number of fused-ring (bicyclic) bond motifs is 1. The quantitative estimate of drug-likeness (QED) is 0.790. The normalized spacial score (nSPS) is 19.1. The van der Waals surface area contributed by atoms with Crippen molar-refractivity contribution in [3.8, 4) is 0 Å². The summed E-state index contributed by atoms with van der Waals surface area (Å²) < 4.78 is 13.3. The molecule has 1 aliphatic rings. The fraction of sp³-hybridized carbons (Fsp3) is 0.417. The molecule has 29 heavy (non-hydrogen) atoms. The molecular formula is C24H29FN2O2. The molecule has 0 spiro atoms. The number of carbonyl (C=O) groups is 2. The molecule has 0 radical (unpaired) electrons. The molecule has 0 aliphatic carbocycles. The summed E-state index contributed by atoms with van der Waals surface area (Å²) in [7, 11) is 0. The largest absolute Gasteiger partial charge is 0.354 e. The van der Waals surface area contributed by atoms with E-state index in [1.807, 2.05) is 31.2 Å². The number of amides is 2. The van der Waals surface area contributed by atoms with Crippen molar-refractivity contribution in [2.24, 2.45) is 5.92 Å². The highest BCUT2D eigenvalue weighted by Crippen LogP contribution is 2.32. The standard InChI is InChI=1S/C24H29FN2O2/c1-17(2)13-15-26-23(29)24(3)14-12-19-6-4-5-7-21(19)22(28)27(24)16-18-8-10-20(25)11-9-18/h4-11,17H,12-16H2,1-3H3,(H,26,29). The lowest BCUT2D eigenvalue weighted by atomic mass is 9.91. The van der Waals surface area contributed by atoms with Crippen LogP contribution >= 0.6 is 0 Å². The van der Waals surface area contributed by atoms with Crippen LogP contribution in [0.1, 0.15) is 55.1 Å². The van der Waals surface area contributed by atoms with Crippen LogP contribution < -0.4 is 5.32 Å². The first kappa shape index (κ1) is 21.0. The van der Waals surface area contributed by atoms with Gasteiger partial charge in [-0.2, -0.15) is 0 Å². The molecule has 1 N–H and O–H groups in total. The van der Waals surface area contributed by atoms with Crippen LogP contribution in [0, 0.1) is 11.7 Å². The van der Waals surface area contributed by atoms with E-state index in [4.69, 9.17) is 0 Å². The molecule has 1 atom stereocenters. The van der Waals surface area contributed by atoms with Gasteiger partial charge in [0.1, 0.15) is 11.4 Å². The molecule has 2 aromatic rings. The first-order chi connectivity index (χ1) is 13.8. The van der Waals surface area contributed by atoms with Gasteiger partial charge in [0.05, 0.1) is 0 Å². The van der Waals surface area contributed by atoms with Gasteiger partial charge in [0.25, 0.3) is 5.91 Å². The molecule has 154 valence electrons. The van der Waals surface area contributed by atoms with Crippen LogP contribution in [0.3, 0.4) is 0 Å². The second-order valence-corrected chi connectivity index (χ2v) is 8.39. The van der Waals surface area contributed by atoms with Crippen molar-refractivity contribution in [2.75, 3.05) is 6.54 Å². The Morgan fingerprint density at radius 1 is 1.17 bits per heavy atom. The highest BCUT2D eigenvalue weighted by molar-refractivity contribution is 6.00. The van der Waals surface area contributed by atoms with Crippen molar-refractivity contribution in [1.82, 2.24) is 10.2 Å². The average Bonchev–Trinajstić information content (AvgIpc) is 2.80. The van der Waals surface area contributed by atoms with E-state index in [0.29, 0.717) is 30.9 Å². The molecule has 0 saturated heterocycles. The fourth-order valence-corrected chi connectivity index (χ4v) is 3.75. The Labute approximate surface area is 172 Å². The molecule has 0 saturated carbocycles. The van der Waals surface area contributed by atoms with Gasteiger partial charge in [-0.3, -0.25) is 9.59 Å². The van der Waals surface area contributed by atoms with Crippen LogP contribution in [0.4, 0.5) is 4.39 Å². The summed E-state index contributed by atoms with van der Waals surface area (Å²) in [6.07, 6.45) is 2.06. The molecule has 0 bridgehead atoms. The molecule has 2 amide bonds. The van der Waals surface area contributed by atoms with Gasteiger partial charge in [0.2, 0.25) is 5.91 Å². The maximum Gasteiger partial charge on any atom is 0.255 e. The lowest BCUT2D eigenvalue weighted by Crippen LogP contribution is -2.58. The second-order valence-electron chi connectivity index (χ2n) is 8.39. The monoisotopic (exact) mass is 396 g/mol. The van der Waals surface area contributed by atoms with E-state index in [2.05, 4.69) is 19.2 Å². The SMILES string of the molecule is CC(C)CCNC(=O)C1(C)CCc2ccccc2C(=O)N1Cc1ccc(F)cc1. The number of hydrogen-bond acceptors (Lipinski definition) is 2. The molecule has 0 fully saturated rings. The Morgan fingerprint density at radius 2 is 1.86 bits per heavy atom. The van der Waals surface area contributed by atoms with E-state index in [0.717, 1.165) is 17.5 Å². The van der Waals surface area contributed by atoms with Gasteiger partial charge < -0.3 is 10.2 Å². The summed E-state index contributed by atoms with van der Waals surface area (Å²) in [5.41, 5.74) is 1.40. The van der Waals surface area contributed by atoms with Gasteiger partial charge in [-0.05, 0) is 61.4 Å². The molecule has 1 aliphatic heterocycles. The van der Waals surface area contributed by atoms with Gasteiger partial charge >= 0.3 is 0 Å². The van der Waals surface area contributed by atoms with Crippen molar-refractivity contribution in [2.45, 2.75) is 52.1 Å². The topological polar surface area (TPSA) is 49.4 Å². The Bertz CT molecular complexity index is 879. The van der Waals surface area contributed by atoms with Gasteiger partial charge in [-0.15, -0.1) is 0 Å². The molecule has 0 aromatic heterocycles.